The number of fused-ring (bicyclic) bond motifs is 4. The molecule has 3 aromatic heterocycles. The Kier molecular flexibility index (Phi) is 6.29. The van der Waals surface area contributed by atoms with E-state index in [0.717, 1.165) is 28.1 Å². The van der Waals surface area contributed by atoms with Gasteiger partial charge in [0.2, 0.25) is 0 Å². The molecule has 0 amide bonds. The summed E-state index contributed by atoms with van der Waals surface area (Å²) in [7, 11) is 0. The van der Waals surface area contributed by atoms with E-state index >= 15 is 0 Å². The van der Waals surface area contributed by atoms with Crippen LogP contribution in [0.5, 0.6) is 0 Å². The van der Waals surface area contributed by atoms with E-state index in [0.29, 0.717) is 5.92 Å². The van der Waals surface area contributed by atoms with Crippen molar-refractivity contribution in [3.63, 3.8) is 0 Å². The van der Waals surface area contributed by atoms with Crippen LogP contribution in [0, 0.1) is 6.92 Å². The minimum Gasteiger partial charge on any atom is -0.290 e. The molecular weight excluding hydrogens is 531 g/mol. The zero-order valence-corrected chi connectivity index (χ0v) is 25.9. The number of nitrogens with zero attached hydrogens (tertiary/aromatic N) is 3. The molecule has 0 unspecified atom stereocenters. The molecule has 0 aliphatic heterocycles. The molecule has 42 heavy (non-hydrogen) atoms. The molecule has 0 aliphatic rings. The monoisotopic (exact) mass is 565 g/mol. The first-order chi connectivity index (χ1) is 20.2. The van der Waals surface area contributed by atoms with E-state index in [4.69, 9.17) is 9.97 Å². The molecule has 4 aromatic carbocycles. The van der Waals surface area contributed by atoms with Gasteiger partial charge in [-0.05, 0) is 83.0 Å². The van der Waals surface area contributed by atoms with Gasteiger partial charge in [-0.3, -0.25) is 9.55 Å². The van der Waals surface area contributed by atoms with Gasteiger partial charge < -0.3 is 0 Å². The number of aryl methyl sites for hydroxylation is 1. The Morgan fingerprint density at radius 2 is 1.48 bits per heavy atom. The van der Waals surface area contributed by atoms with Crippen molar-refractivity contribution in [3.05, 3.63) is 114 Å². The summed E-state index contributed by atoms with van der Waals surface area (Å²) in [6, 6.07) is 33.1. The van der Waals surface area contributed by atoms with Crippen LogP contribution in [-0.4, -0.2) is 14.5 Å². The molecule has 3 heterocycles. The van der Waals surface area contributed by atoms with Gasteiger partial charge in [0.05, 0.1) is 22.4 Å². The number of benzene rings is 4. The molecule has 0 radical (unpaired) electrons. The number of rotatable bonds is 4. The van der Waals surface area contributed by atoms with E-state index in [-0.39, 0.29) is 5.41 Å². The second-order valence-corrected chi connectivity index (χ2v) is 13.7. The SMILES string of the molecule is Cc1nccc2nc(-c3ccc4sc5ccccc5c4c3)n(-c3c(C(C)C)cc(-c4ccccc4)cc3C(C)(C)C)c12. The van der Waals surface area contributed by atoms with Crippen molar-refractivity contribution in [1.29, 1.82) is 0 Å². The highest BCUT2D eigenvalue weighted by molar-refractivity contribution is 7.25. The van der Waals surface area contributed by atoms with E-state index in [1.807, 2.05) is 23.6 Å². The van der Waals surface area contributed by atoms with Crippen LogP contribution in [0.25, 0.3) is 59.4 Å². The maximum absolute atomic E-state index is 5.32. The van der Waals surface area contributed by atoms with Crippen molar-refractivity contribution in [2.24, 2.45) is 0 Å². The number of imidazole rings is 1. The predicted molar refractivity (Wildman–Crippen MR) is 180 cm³/mol. The first-order valence-electron chi connectivity index (χ1n) is 14.7. The van der Waals surface area contributed by atoms with E-state index in [9.17, 15) is 0 Å². The Labute approximate surface area is 251 Å². The molecule has 7 aromatic rings. The normalized spacial score (nSPS) is 12.3. The van der Waals surface area contributed by atoms with E-state index < -0.39 is 0 Å². The second-order valence-electron chi connectivity index (χ2n) is 12.6. The smallest absolute Gasteiger partial charge is 0.145 e. The maximum atomic E-state index is 5.32. The average molecular weight is 566 g/mol. The topological polar surface area (TPSA) is 30.7 Å². The zero-order chi connectivity index (χ0) is 29.2. The summed E-state index contributed by atoms with van der Waals surface area (Å²) >= 11 is 1.85. The van der Waals surface area contributed by atoms with E-state index in [2.05, 4.69) is 131 Å². The van der Waals surface area contributed by atoms with Gasteiger partial charge in [0.25, 0.3) is 0 Å². The summed E-state index contributed by atoms with van der Waals surface area (Å²) < 4.78 is 5.02. The van der Waals surface area contributed by atoms with E-state index in [1.165, 1.54) is 48.1 Å². The lowest BCUT2D eigenvalue weighted by atomic mass is 9.80. The lowest BCUT2D eigenvalue weighted by Gasteiger charge is -2.29. The zero-order valence-electron chi connectivity index (χ0n) is 25.1. The molecule has 3 nitrogen and oxygen atoms in total. The fraction of sp³-hybridized carbons (Fsp3) is 0.211. The van der Waals surface area contributed by atoms with Gasteiger partial charge in [-0.1, -0.05) is 83.1 Å². The Morgan fingerprint density at radius 3 is 2.24 bits per heavy atom. The van der Waals surface area contributed by atoms with Crippen molar-refractivity contribution >= 4 is 42.5 Å². The highest BCUT2D eigenvalue weighted by Crippen LogP contribution is 2.43. The molecule has 0 fully saturated rings. The minimum atomic E-state index is -0.110. The summed E-state index contributed by atoms with van der Waals surface area (Å²) in [6.45, 7) is 13.7. The summed E-state index contributed by atoms with van der Waals surface area (Å²) in [5.74, 6) is 1.26. The first-order valence-corrected chi connectivity index (χ1v) is 15.5. The van der Waals surface area contributed by atoms with Crippen LogP contribution in [0.15, 0.2) is 97.2 Å². The van der Waals surface area contributed by atoms with Crippen molar-refractivity contribution in [1.82, 2.24) is 14.5 Å². The molecule has 0 bridgehead atoms. The molecule has 0 saturated heterocycles. The fourth-order valence-corrected chi connectivity index (χ4v) is 7.26. The third kappa shape index (κ3) is 4.33. The molecule has 0 N–H and O–H groups in total. The molecule has 0 spiro atoms. The standard InChI is InChI=1S/C38H35N3S/c1-23(2)29-21-27(25-12-8-7-9-13-25)22-31(38(4,5)6)36(29)41-35-24(3)39-19-18-32(35)40-37(41)26-16-17-34-30(20-26)28-14-10-11-15-33(28)42-34/h7-23H,1-6H3. The van der Waals surface area contributed by atoms with Crippen LogP contribution >= 0.6 is 11.3 Å². The molecular formula is C38H35N3S. The highest BCUT2D eigenvalue weighted by atomic mass is 32.1. The summed E-state index contributed by atoms with van der Waals surface area (Å²) in [5.41, 5.74) is 10.4. The molecule has 0 saturated carbocycles. The molecule has 208 valence electrons. The molecule has 0 aliphatic carbocycles. The van der Waals surface area contributed by atoms with Gasteiger partial charge in [0.1, 0.15) is 5.82 Å². The lowest BCUT2D eigenvalue weighted by molar-refractivity contribution is 0.585. The van der Waals surface area contributed by atoms with Crippen molar-refractivity contribution in [2.75, 3.05) is 0 Å². The van der Waals surface area contributed by atoms with Crippen molar-refractivity contribution in [2.45, 2.75) is 52.9 Å². The summed E-state index contributed by atoms with van der Waals surface area (Å²) in [4.78, 5) is 10.1. The summed E-state index contributed by atoms with van der Waals surface area (Å²) in [5, 5.41) is 2.58. The fourth-order valence-electron chi connectivity index (χ4n) is 6.17. The van der Waals surface area contributed by atoms with E-state index in [1.54, 1.807) is 0 Å². The number of hydrogen-bond donors (Lipinski definition) is 0. The Bertz CT molecular complexity index is 2110. The quantitative estimate of drug-likeness (QED) is 0.212. The molecule has 7 rings (SSSR count). The van der Waals surface area contributed by atoms with Crippen molar-refractivity contribution < 1.29 is 0 Å². The van der Waals surface area contributed by atoms with Crippen LogP contribution in [0.1, 0.15) is 57.4 Å². The third-order valence-corrected chi connectivity index (χ3v) is 9.43. The van der Waals surface area contributed by atoms with Gasteiger partial charge in [-0.25, -0.2) is 4.98 Å². The Morgan fingerprint density at radius 1 is 0.738 bits per heavy atom. The van der Waals surface area contributed by atoms with Crippen LogP contribution in [-0.2, 0) is 5.41 Å². The van der Waals surface area contributed by atoms with Crippen LogP contribution in [0.2, 0.25) is 0 Å². The van der Waals surface area contributed by atoms with Gasteiger partial charge >= 0.3 is 0 Å². The highest BCUT2D eigenvalue weighted by Gasteiger charge is 2.28. The molecule has 4 heteroatoms. The van der Waals surface area contributed by atoms with Gasteiger partial charge in [-0.15, -0.1) is 11.3 Å². The predicted octanol–water partition coefficient (Wildman–Crippen LogP) is 10.9. The average Bonchev–Trinajstić information content (AvgIpc) is 3.55. The lowest BCUT2D eigenvalue weighted by Crippen LogP contribution is -2.18. The first kappa shape index (κ1) is 26.6. The summed E-state index contributed by atoms with van der Waals surface area (Å²) in [6.07, 6.45) is 1.88. The van der Waals surface area contributed by atoms with Crippen LogP contribution < -0.4 is 0 Å². The van der Waals surface area contributed by atoms with Gasteiger partial charge in [0.15, 0.2) is 0 Å². The third-order valence-electron chi connectivity index (χ3n) is 8.28. The van der Waals surface area contributed by atoms with Gasteiger partial charge in [-0.2, -0.15) is 0 Å². The van der Waals surface area contributed by atoms with Crippen molar-refractivity contribution in [3.8, 4) is 28.2 Å². The number of thiophene rings is 1. The largest absolute Gasteiger partial charge is 0.290 e. The number of hydrogen-bond acceptors (Lipinski definition) is 3. The number of pyridine rings is 1. The number of aromatic nitrogens is 3. The Hall–Kier alpha value is -4.28. The van der Waals surface area contributed by atoms with Crippen LogP contribution in [0.3, 0.4) is 0 Å². The molecule has 0 atom stereocenters. The maximum Gasteiger partial charge on any atom is 0.145 e. The minimum absolute atomic E-state index is 0.110. The second kappa shape index (κ2) is 9.92. The van der Waals surface area contributed by atoms with Gasteiger partial charge in [0, 0.05) is 31.9 Å². The Balaban J connectivity index is 1.60. The van der Waals surface area contributed by atoms with Crippen LogP contribution in [0.4, 0.5) is 0 Å².